The van der Waals surface area contributed by atoms with Crippen LogP contribution in [0.2, 0.25) is 0 Å². The van der Waals surface area contributed by atoms with Gasteiger partial charge in [0.25, 0.3) is 11.6 Å². The van der Waals surface area contributed by atoms with Gasteiger partial charge in [-0.15, -0.1) is 0 Å². The first-order valence-electron chi connectivity index (χ1n) is 9.45. The molecule has 1 aromatic heterocycles. The topological polar surface area (TPSA) is 133 Å². The Labute approximate surface area is 182 Å². The lowest BCUT2D eigenvalue weighted by atomic mass is 10.2. The zero-order chi connectivity index (χ0) is 22.9. The average Bonchev–Trinajstić information content (AvgIpc) is 2.81. The highest BCUT2D eigenvalue weighted by atomic mass is 16.6. The molecule has 3 rings (SSSR count). The van der Waals surface area contributed by atoms with Crippen LogP contribution in [0.1, 0.15) is 33.2 Å². The molecule has 162 valence electrons. The minimum atomic E-state index is -0.689. The minimum Gasteiger partial charge on any atom is -0.490 e. The Bertz CT molecular complexity index is 1150. The monoisotopic (exact) mass is 434 g/mol. The third kappa shape index (κ3) is 5.72. The molecule has 0 unspecified atom stereocenters. The van der Waals surface area contributed by atoms with E-state index in [-0.39, 0.29) is 17.0 Å². The lowest BCUT2D eigenvalue weighted by Gasteiger charge is -2.11. The third-order valence-electron chi connectivity index (χ3n) is 4.09. The number of ether oxygens (including phenoxy) is 2. The SMILES string of the molecule is CCOc1cc(/C=N\NC(=O)c2cccnc2)ccc1OC(=O)c1ccc([N+](=O)[O-])cc1. The Balaban J connectivity index is 1.70. The van der Waals surface area contributed by atoms with E-state index in [4.69, 9.17) is 9.47 Å². The second-order valence-electron chi connectivity index (χ2n) is 6.27. The molecule has 3 aromatic rings. The molecule has 0 saturated carbocycles. The molecule has 0 saturated heterocycles. The summed E-state index contributed by atoms with van der Waals surface area (Å²) in [6.07, 6.45) is 4.40. The number of pyridine rings is 1. The van der Waals surface area contributed by atoms with E-state index in [9.17, 15) is 19.7 Å². The Morgan fingerprint density at radius 3 is 2.56 bits per heavy atom. The van der Waals surface area contributed by atoms with Gasteiger partial charge in [-0.05, 0) is 55.0 Å². The van der Waals surface area contributed by atoms with Crippen molar-refractivity contribution in [1.82, 2.24) is 10.4 Å². The van der Waals surface area contributed by atoms with E-state index in [0.717, 1.165) is 0 Å². The predicted molar refractivity (Wildman–Crippen MR) is 115 cm³/mol. The van der Waals surface area contributed by atoms with Crippen molar-refractivity contribution in [2.75, 3.05) is 6.61 Å². The Hall–Kier alpha value is -4.60. The number of non-ortho nitro benzene ring substituents is 1. The largest absolute Gasteiger partial charge is 0.490 e. The number of hydrogen-bond acceptors (Lipinski definition) is 8. The van der Waals surface area contributed by atoms with Crippen LogP contribution in [-0.4, -0.2) is 34.6 Å². The van der Waals surface area contributed by atoms with Gasteiger partial charge in [-0.3, -0.25) is 19.9 Å². The van der Waals surface area contributed by atoms with Gasteiger partial charge in [0, 0.05) is 24.5 Å². The molecule has 0 aliphatic heterocycles. The molecule has 1 N–H and O–H groups in total. The van der Waals surface area contributed by atoms with Gasteiger partial charge in [-0.25, -0.2) is 10.2 Å². The summed E-state index contributed by atoms with van der Waals surface area (Å²) in [5.74, 6) is -0.629. The summed E-state index contributed by atoms with van der Waals surface area (Å²) < 4.78 is 10.9. The smallest absolute Gasteiger partial charge is 0.343 e. The van der Waals surface area contributed by atoms with Crippen molar-refractivity contribution < 1.29 is 24.0 Å². The fourth-order valence-corrected chi connectivity index (χ4v) is 2.56. The van der Waals surface area contributed by atoms with Crippen molar-refractivity contribution in [1.29, 1.82) is 0 Å². The summed E-state index contributed by atoms with van der Waals surface area (Å²) in [7, 11) is 0. The van der Waals surface area contributed by atoms with Gasteiger partial charge in [0.1, 0.15) is 0 Å². The number of nitro benzene ring substituents is 1. The van der Waals surface area contributed by atoms with E-state index in [1.54, 1.807) is 37.4 Å². The number of nitrogens with one attached hydrogen (secondary N) is 1. The third-order valence-corrected chi connectivity index (χ3v) is 4.09. The van der Waals surface area contributed by atoms with E-state index in [1.807, 2.05) is 0 Å². The molecule has 1 heterocycles. The maximum absolute atomic E-state index is 12.4. The molecule has 0 bridgehead atoms. The van der Waals surface area contributed by atoms with Crippen molar-refractivity contribution in [3.8, 4) is 11.5 Å². The lowest BCUT2D eigenvalue weighted by Crippen LogP contribution is -2.17. The van der Waals surface area contributed by atoms with Gasteiger partial charge in [0.05, 0.1) is 28.9 Å². The number of benzene rings is 2. The van der Waals surface area contributed by atoms with Gasteiger partial charge >= 0.3 is 5.97 Å². The highest BCUT2D eigenvalue weighted by Crippen LogP contribution is 2.29. The van der Waals surface area contributed by atoms with Crippen molar-refractivity contribution in [2.45, 2.75) is 6.92 Å². The number of hydrazone groups is 1. The fourth-order valence-electron chi connectivity index (χ4n) is 2.56. The van der Waals surface area contributed by atoms with E-state index in [1.165, 1.54) is 42.7 Å². The lowest BCUT2D eigenvalue weighted by molar-refractivity contribution is -0.384. The summed E-state index contributed by atoms with van der Waals surface area (Å²) in [4.78, 5) is 38.4. The number of rotatable bonds is 8. The summed E-state index contributed by atoms with van der Waals surface area (Å²) in [5, 5.41) is 14.7. The quantitative estimate of drug-likeness (QED) is 0.189. The van der Waals surface area contributed by atoms with E-state index in [0.29, 0.717) is 23.5 Å². The number of esters is 1. The van der Waals surface area contributed by atoms with Crippen molar-refractivity contribution in [2.24, 2.45) is 5.10 Å². The van der Waals surface area contributed by atoms with E-state index in [2.05, 4.69) is 15.5 Å². The van der Waals surface area contributed by atoms with E-state index >= 15 is 0 Å². The molecule has 10 heteroatoms. The van der Waals surface area contributed by atoms with Crippen molar-refractivity contribution in [3.05, 3.63) is 93.8 Å². The molecule has 0 radical (unpaired) electrons. The molecule has 0 spiro atoms. The molecule has 0 fully saturated rings. The maximum atomic E-state index is 12.4. The van der Waals surface area contributed by atoms with Crippen LogP contribution < -0.4 is 14.9 Å². The highest BCUT2D eigenvalue weighted by molar-refractivity contribution is 5.94. The van der Waals surface area contributed by atoms with Crippen LogP contribution >= 0.6 is 0 Å². The zero-order valence-electron chi connectivity index (χ0n) is 16.9. The number of aromatic nitrogens is 1. The number of carbonyl (C=O) groups excluding carboxylic acids is 2. The van der Waals surface area contributed by atoms with Crippen LogP contribution in [0.25, 0.3) is 0 Å². The number of hydrogen-bond donors (Lipinski definition) is 1. The summed E-state index contributed by atoms with van der Waals surface area (Å²) in [5.41, 5.74) is 3.38. The van der Waals surface area contributed by atoms with Crippen LogP contribution in [0.15, 0.2) is 72.1 Å². The summed E-state index contributed by atoms with van der Waals surface area (Å²) in [6, 6.07) is 13.1. The average molecular weight is 434 g/mol. The Kier molecular flexibility index (Phi) is 7.20. The van der Waals surface area contributed by atoms with Gasteiger partial charge in [-0.1, -0.05) is 0 Å². The molecule has 32 heavy (non-hydrogen) atoms. The standard InChI is InChI=1S/C22H18N4O6/c1-2-31-20-12-15(13-24-25-21(27)17-4-3-11-23-14-17)5-10-19(20)32-22(28)16-6-8-18(9-7-16)26(29)30/h3-14H,2H2,1H3,(H,25,27)/b24-13-. The number of nitro groups is 1. The van der Waals surface area contributed by atoms with Crippen LogP contribution in [0, 0.1) is 10.1 Å². The predicted octanol–water partition coefficient (Wildman–Crippen LogP) is 3.37. The number of amides is 1. The molecule has 0 aliphatic carbocycles. The minimum absolute atomic E-state index is 0.129. The van der Waals surface area contributed by atoms with Crippen LogP contribution in [-0.2, 0) is 0 Å². The molecule has 10 nitrogen and oxygen atoms in total. The molecule has 0 aliphatic rings. The molecule has 0 atom stereocenters. The second kappa shape index (κ2) is 10.4. The van der Waals surface area contributed by atoms with E-state index < -0.39 is 16.8 Å². The molecule has 2 aromatic carbocycles. The summed E-state index contributed by atoms with van der Waals surface area (Å²) >= 11 is 0. The molecular formula is C22H18N4O6. The first-order chi connectivity index (χ1) is 15.5. The van der Waals surface area contributed by atoms with Gasteiger partial charge in [-0.2, -0.15) is 5.10 Å². The first-order valence-corrected chi connectivity index (χ1v) is 9.45. The Morgan fingerprint density at radius 1 is 1.12 bits per heavy atom. The van der Waals surface area contributed by atoms with Crippen molar-refractivity contribution >= 4 is 23.8 Å². The maximum Gasteiger partial charge on any atom is 0.343 e. The van der Waals surface area contributed by atoms with Crippen LogP contribution in [0.4, 0.5) is 5.69 Å². The summed E-state index contributed by atoms with van der Waals surface area (Å²) in [6.45, 7) is 2.09. The van der Waals surface area contributed by atoms with Crippen molar-refractivity contribution in [3.63, 3.8) is 0 Å². The Morgan fingerprint density at radius 2 is 1.91 bits per heavy atom. The second-order valence-corrected chi connectivity index (χ2v) is 6.27. The first kappa shape index (κ1) is 22.1. The van der Waals surface area contributed by atoms with Gasteiger partial charge < -0.3 is 9.47 Å². The highest BCUT2D eigenvalue weighted by Gasteiger charge is 2.15. The van der Waals surface area contributed by atoms with Gasteiger partial charge in [0.2, 0.25) is 0 Å². The van der Waals surface area contributed by atoms with Crippen LogP contribution in [0.5, 0.6) is 11.5 Å². The normalized spacial score (nSPS) is 10.5. The van der Waals surface area contributed by atoms with Crippen LogP contribution in [0.3, 0.4) is 0 Å². The zero-order valence-corrected chi connectivity index (χ0v) is 16.9. The molecule has 1 amide bonds. The number of carbonyl (C=O) groups is 2. The number of nitrogens with zero attached hydrogens (tertiary/aromatic N) is 3. The fraction of sp³-hybridized carbons (Fsp3) is 0.0909. The molecular weight excluding hydrogens is 416 g/mol. The van der Waals surface area contributed by atoms with Gasteiger partial charge in [0.15, 0.2) is 11.5 Å².